The van der Waals surface area contributed by atoms with Crippen molar-refractivity contribution in [2.45, 2.75) is 31.0 Å². The first-order valence-corrected chi connectivity index (χ1v) is 9.23. The maximum absolute atomic E-state index is 12.3. The summed E-state index contributed by atoms with van der Waals surface area (Å²) in [7, 11) is -3.48. The van der Waals surface area contributed by atoms with Crippen molar-refractivity contribution in [2.75, 3.05) is 0 Å². The van der Waals surface area contributed by atoms with Crippen LogP contribution in [0.3, 0.4) is 0 Å². The van der Waals surface area contributed by atoms with E-state index < -0.39 is 10.0 Å². The largest absolute Gasteiger partial charge is 0.250 e. The summed E-state index contributed by atoms with van der Waals surface area (Å²) in [5.74, 6) is 0. The van der Waals surface area contributed by atoms with Crippen LogP contribution in [-0.2, 0) is 10.0 Å². The fourth-order valence-corrected chi connectivity index (χ4v) is 5.36. The van der Waals surface area contributed by atoms with E-state index >= 15 is 0 Å². The number of thiophene rings is 1. The van der Waals surface area contributed by atoms with E-state index in [9.17, 15) is 8.42 Å². The number of hydrogen-bond acceptors (Lipinski definition) is 3. The number of hydrogen-bond donors (Lipinski definition) is 1. The summed E-state index contributed by atoms with van der Waals surface area (Å²) in [6.07, 6.45) is 0. The molecule has 1 atom stereocenters. The van der Waals surface area contributed by atoms with Gasteiger partial charge in [-0.3, -0.25) is 0 Å². The molecule has 0 bridgehead atoms. The highest BCUT2D eigenvalue weighted by Gasteiger charge is 2.20. The molecule has 1 N–H and O–H groups in total. The minimum Gasteiger partial charge on any atom is -0.206 e. The number of halogens is 1. The Labute approximate surface area is 132 Å². The van der Waals surface area contributed by atoms with Crippen LogP contribution in [0.15, 0.2) is 38.3 Å². The zero-order valence-electron chi connectivity index (χ0n) is 11.5. The number of sulfonamides is 1. The molecule has 20 heavy (non-hydrogen) atoms. The average molecular weight is 374 g/mol. The van der Waals surface area contributed by atoms with Crippen molar-refractivity contribution in [1.82, 2.24) is 4.72 Å². The van der Waals surface area contributed by atoms with E-state index in [1.807, 2.05) is 32.9 Å². The molecule has 0 amide bonds. The first-order chi connectivity index (χ1) is 9.29. The van der Waals surface area contributed by atoms with Crippen LogP contribution in [-0.4, -0.2) is 8.42 Å². The SMILES string of the molecule is Cc1ccc(C(C)NS(=O)(=O)c2ccc(Br)s2)c(C)c1. The normalized spacial score (nSPS) is 13.4. The molecule has 6 heteroatoms. The van der Waals surface area contributed by atoms with Crippen molar-refractivity contribution >= 4 is 37.3 Å². The van der Waals surface area contributed by atoms with E-state index in [1.54, 1.807) is 12.1 Å². The van der Waals surface area contributed by atoms with Crippen LogP contribution in [0.1, 0.15) is 29.7 Å². The summed E-state index contributed by atoms with van der Waals surface area (Å²) in [5, 5.41) is 0. The Morgan fingerprint density at radius 1 is 1.20 bits per heavy atom. The molecule has 3 nitrogen and oxygen atoms in total. The summed E-state index contributed by atoms with van der Waals surface area (Å²) >= 11 is 4.49. The standard InChI is InChI=1S/C14H16BrNO2S2/c1-9-4-5-12(10(2)8-9)11(3)16-20(17,18)14-7-6-13(15)19-14/h4-8,11,16H,1-3H3. The Bertz CT molecular complexity index is 723. The fourth-order valence-electron chi connectivity index (χ4n) is 2.11. The Balaban J connectivity index is 2.25. The predicted molar refractivity (Wildman–Crippen MR) is 86.7 cm³/mol. The Morgan fingerprint density at radius 3 is 2.45 bits per heavy atom. The van der Waals surface area contributed by atoms with Gasteiger partial charge in [-0.2, -0.15) is 0 Å². The highest BCUT2D eigenvalue weighted by Crippen LogP contribution is 2.27. The van der Waals surface area contributed by atoms with E-state index in [1.165, 1.54) is 16.9 Å². The number of rotatable bonds is 4. The second-order valence-electron chi connectivity index (χ2n) is 4.76. The van der Waals surface area contributed by atoms with Crippen LogP contribution in [0.25, 0.3) is 0 Å². The number of benzene rings is 1. The Morgan fingerprint density at radius 2 is 1.90 bits per heavy atom. The van der Waals surface area contributed by atoms with Gasteiger partial charge in [-0.15, -0.1) is 11.3 Å². The van der Waals surface area contributed by atoms with E-state index in [2.05, 4.69) is 26.7 Å². The van der Waals surface area contributed by atoms with Crippen LogP contribution in [0, 0.1) is 13.8 Å². The molecule has 0 aliphatic heterocycles. The molecular weight excluding hydrogens is 358 g/mol. The summed E-state index contributed by atoms with van der Waals surface area (Å²) < 4.78 is 28.4. The van der Waals surface area contributed by atoms with E-state index in [0.29, 0.717) is 4.21 Å². The molecule has 0 aliphatic carbocycles. The van der Waals surface area contributed by atoms with Crippen LogP contribution >= 0.6 is 27.3 Å². The van der Waals surface area contributed by atoms with Crippen LogP contribution in [0.2, 0.25) is 0 Å². The van der Waals surface area contributed by atoms with Gasteiger partial charge in [0.25, 0.3) is 10.0 Å². The molecule has 2 rings (SSSR count). The zero-order chi connectivity index (χ0) is 14.9. The van der Waals surface area contributed by atoms with E-state index in [0.717, 1.165) is 14.9 Å². The Kier molecular flexibility index (Phi) is 4.69. The first kappa shape index (κ1) is 15.7. The number of aryl methyl sites for hydroxylation is 2. The lowest BCUT2D eigenvalue weighted by molar-refractivity contribution is 0.568. The molecule has 0 radical (unpaired) electrons. The number of nitrogens with one attached hydrogen (secondary N) is 1. The molecule has 1 heterocycles. The van der Waals surface area contributed by atoms with Crippen LogP contribution < -0.4 is 4.72 Å². The van der Waals surface area contributed by atoms with Crippen molar-refractivity contribution < 1.29 is 8.42 Å². The van der Waals surface area contributed by atoms with Gasteiger partial charge in [0.05, 0.1) is 3.79 Å². The van der Waals surface area contributed by atoms with Gasteiger partial charge in [-0.1, -0.05) is 23.8 Å². The topological polar surface area (TPSA) is 46.2 Å². The Hall–Kier alpha value is -0.690. The van der Waals surface area contributed by atoms with E-state index in [-0.39, 0.29) is 6.04 Å². The van der Waals surface area contributed by atoms with Gasteiger partial charge >= 0.3 is 0 Å². The highest BCUT2D eigenvalue weighted by molar-refractivity contribution is 9.11. The zero-order valence-corrected chi connectivity index (χ0v) is 14.7. The average Bonchev–Trinajstić information content (AvgIpc) is 2.75. The van der Waals surface area contributed by atoms with Crippen molar-refractivity contribution in [3.63, 3.8) is 0 Å². The summed E-state index contributed by atoms with van der Waals surface area (Å²) in [6.45, 7) is 5.88. The van der Waals surface area contributed by atoms with Crippen molar-refractivity contribution in [3.05, 3.63) is 50.8 Å². The van der Waals surface area contributed by atoms with E-state index in [4.69, 9.17) is 0 Å². The molecule has 0 saturated carbocycles. The minimum atomic E-state index is -3.48. The quantitative estimate of drug-likeness (QED) is 0.873. The van der Waals surface area contributed by atoms with Gasteiger partial charge in [0.1, 0.15) is 4.21 Å². The molecule has 1 aromatic carbocycles. The lowest BCUT2D eigenvalue weighted by Crippen LogP contribution is -2.26. The van der Waals surface area contributed by atoms with Gasteiger partial charge in [0.15, 0.2) is 0 Å². The summed E-state index contributed by atoms with van der Waals surface area (Å²) in [4.78, 5) is 0. The third-order valence-corrected chi connectivity index (χ3v) is 6.69. The molecule has 0 saturated heterocycles. The van der Waals surface area contributed by atoms with Gasteiger partial charge in [0.2, 0.25) is 0 Å². The summed E-state index contributed by atoms with van der Waals surface area (Å²) in [6, 6.07) is 9.10. The van der Waals surface area contributed by atoms with Gasteiger partial charge in [-0.05, 0) is 60.0 Å². The second-order valence-corrected chi connectivity index (χ2v) is 9.17. The predicted octanol–water partition coefficient (Wildman–Crippen LogP) is 4.17. The fraction of sp³-hybridized carbons (Fsp3) is 0.286. The third-order valence-electron chi connectivity index (χ3n) is 3.04. The molecule has 0 aliphatic rings. The molecule has 108 valence electrons. The van der Waals surface area contributed by atoms with Gasteiger partial charge < -0.3 is 0 Å². The van der Waals surface area contributed by atoms with Gasteiger partial charge in [0, 0.05) is 6.04 Å². The maximum atomic E-state index is 12.3. The van der Waals surface area contributed by atoms with Crippen molar-refractivity contribution in [3.8, 4) is 0 Å². The molecule has 0 spiro atoms. The second kappa shape index (κ2) is 5.97. The third kappa shape index (κ3) is 3.49. The van der Waals surface area contributed by atoms with Crippen molar-refractivity contribution in [1.29, 1.82) is 0 Å². The van der Waals surface area contributed by atoms with Crippen LogP contribution in [0.5, 0.6) is 0 Å². The highest BCUT2D eigenvalue weighted by atomic mass is 79.9. The molecule has 0 fully saturated rings. The maximum Gasteiger partial charge on any atom is 0.250 e. The molecule has 2 aromatic rings. The molecule has 1 aromatic heterocycles. The smallest absolute Gasteiger partial charge is 0.206 e. The van der Waals surface area contributed by atoms with Crippen molar-refractivity contribution in [2.24, 2.45) is 0 Å². The molecular formula is C14H16BrNO2S2. The monoisotopic (exact) mass is 373 g/mol. The molecule has 1 unspecified atom stereocenters. The lowest BCUT2D eigenvalue weighted by atomic mass is 10.0. The van der Waals surface area contributed by atoms with Crippen LogP contribution in [0.4, 0.5) is 0 Å². The minimum absolute atomic E-state index is 0.263. The first-order valence-electron chi connectivity index (χ1n) is 6.14. The van der Waals surface area contributed by atoms with Gasteiger partial charge in [-0.25, -0.2) is 13.1 Å². The summed E-state index contributed by atoms with van der Waals surface area (Å²) in [5.41, 5.74) is 3.26. The lowest BCUT2D eigenvalue weighted by Gasteiger charge is -2.16.